The number of aromatic amines is 1. The van der Waals surface area contributed by atoms with E-state index in [1.165, 1.54) is 6.07 Å². The van der Waals surface area contributed by atoms with Gasteiger partial charge in [-0.25, -0.2) is 13.5 Å². The van der Waals surface area contributed by atoms with Gasteiger partial charge in [-0.05, 0) is 39.6 Å². The summed E-state index contributed by atoms with van der Waals surface area (Å²) in [6.45, 7) is 0.685. The summed E-state index contributed by atoms with van der Waals surface area (Å²) < 4.78 is 24.5. The van der Waals surface area contributed by atoms with Gasteiger partial charge in [0.2, 0.25) is 5.91 Å². The van der Waals surface area contributed by atoms with E-state index in [0.29, 0.717) is 17.7 Å². The Hall–Kier alpha value is -3.07. The largest absolute Gasteiger partial charge is 0.356 e. The van der Waals surface area contributed by atoms with Crippen LogP contribution in [0.15, 0.2) is 47.4 Å². The number of rotatable bonds is 4. The summed E-state index contributed by atoms with van der Waals surface area (Å²) in [5.41, 5.74) is 2.88. The highest BCUT2D eigenvalue weighted by Gasteiger charge is 2.26. The number of nitrogens with one attached hydrogen (secondary N) is 2. The number of carbonyl (C=O) groups excluding carboxylic acids is 1. The first kappa shape index (κ1) is 17.3. The highest BCUT2D eigenvalue weighted by molar-refractivity contribution is 7.90. The van der Waals surface area contributed by atoms with Crippen LogP contribution in [0.1, 0.15) is 17.9 Å². The molecular weight excluding hydrogens is 366 g/mol. The van der Waals surface area contributed by atoms with Gasteiger partial charge in [0.15, 0.2) is 15.7 Å². The number of nitrogens with zero attached hydrogens (tertiary/aromatic N) is 3. The molecule has 0 saturated carbocycles. The molecule has 1 fully saturated rings. The number of carbonyl (C=O) groups is 1. The fourth-order valence-corrected chi connectivity index (χ4v) is 4.30. The Bertz CT molecular complexity index is 1090. The Kier molecular flexibility index (Phi) is 4.23. The van der Waals surface area contributed by atoms with Gasteiger partial charge >= 0.3 is 0 Å². The van der Waals surface area contributed by atoms with Crippen LogP contribution in [0.4, 0.5) is 0 Å². The maximum Gasteiger partial charge on any atom is 0.227 e. The predicted octanol–water partition coefficient (Wildman–Crippen LogP) is 1.54. The van der Waals surface area contributed by atoms with Crippen LogP contribution >= 0.6 is 0 Å². The number of sulfone groups is 1. The first-order chi connectivity index (χ1) is 12.9. The summed E-state index contributed by atoms with van der Waals surface area (Å²) in [6.07, 6.45) is 1.93. The fourth-order valence-electron chi connectivity index (χ4n) is 3.40. The first-order valence-corrected chi connectivity index (χ1v) is 10.3. The molecule has 3 aromatic rings. The molecule has 1 aliphatic rings. The van der Waals surface area contributed by atoms with E-state index in [-0.39, 0.29) is 22.5 Å². The highest BCUT2D eigenvalue weighted by atomic mass is 32.2. The van der Waals surface area contributed by atoms with Crippen LogP contribution in [-0.4, -0.2) is 47.7 Å². The molecule has 2 heterocycles. The number of amides is 1. The number of hydrogen-bond donors (Lipinski definition) is 2. The summed E-state index contributed by atoms with van der Waals surface area (Å²) in [4.78, 5) is 12.0. The third-order valence-corrected chi connectivity index (χ3v) is 5.82. The van der Waals surface area contributed by atoms with Crippen molar-refractivity contribution in [3.05, 3.63) is 48.0 Å². The standard InChI is InChI=1S/C18H17N5O3S/c1-27(25,26)15-4-2-3-13(16(15)17-20-22-23-21-17)11-5-7-12(8-6-11)14-9-10-19-18(14)24/h2-8,14H,9-10H2,1H3,(H,19,24)(H,20,21,22,23). The molecule has 9 heteroatoms. The SMILES string of the molecule is CS(=O)(=O)c1cccc(-c2ccc(C3CCNC3=O)cc2)c1-c1nnn[nH]1. The molecule has 2 aromatic carbocycles. The smallest absolute Gasteiger partial charge is 0.227 e. The van der Waals surface area contributed by atoms with Crippen molar-refractivity contribution < 1.29 is 13.2 Å². The van der Waals surface area contributed by atoms with E-state index in [1.54, 1.807) is 6.07 Å². The molecule has 1 aliphatic heterocycles. The van der Waals surface area contributed by atoms with Crippen molar-refractivity contribution in [2.24, 2.45) is 0 Å². The van der Waals surface area contributed by atoms with Crippen LogP contribution in [0.2, 0.25) is 0 Å². The molecule has 1 saturated heterocycles. The van der Waals surface area contributed by atoms with Crippen molar-refractivity contribution in [3.63, 3.8) is 0 Å². The number of tetrazole rings is 1. The first-order valence-electron chi connectivity index (χ1n) is 8.40. The lowest BCUT2D eigenvalue weighted by Gasteiger charge is -2.13. The fraction of sp³-hybridized carbons (Fsp3) is 0.222. The molecule has 0 spiro atoms. The summed E-state index contributed by atoms with van der Waals surface area (Å²) >= 11 is 0. The van der Waals surface area contributed by atoms with Gasteiger partial charge in [-0.3, -0.25) is 4.79 Å². The van der Waals surface area contributed by atoms with Crippen LogP contribution in [-0.2, 0) is 14.6 Å². The topological polar surface area (TPSA) is 118 Å². The van der Waals surface area contributed by atoms with Gasteiger partial charge in [-0.15, -0.1) is 5.10 Å². The maximum atomic E-state index is 12.3. The average molecular weight is 383 g/mol. The minimum atomic E-state index is -3.49. The van der Waals surface area contributed by atoms with E-state index in [2.05, 4.69) is 25.9 Å². The molecule has 0 aliphatic carbocycles. The van der Waals surface area contributed by atoms with Crippen molar-refractivity contribution in [1.29, 1.82) is 0 Å². The average Bonchev–Trinajstić information content (AvgIpc) is 3.32. The molecule has 1 unspecified atom stereocenters. The lowest BCUT2D eigenvalue weighted by atomic mass is 9.93. The Balaban J connectivity index is 1.83. The molecule has 4 rings (SSSR count). The zero-order chi connectivity index (χ0) is 19.0. The van der Waals surface area contributed by atoms with E-state index in [4.69, 9.17) is 0 Å². The lowest BCUT2D eigenvalue weighted by molar-refractivity contribution is -0.120. The molecule has 1 amide bonds. The summed E-state index contributed by atoms with van der Waals surface area (Å²) in [6, 6.07) is 12.6. The van der Waals surface area contributed by atoms with Crippen LogP contribution in [0.5, 0.6) is 0 Å². The Morgan fingerprint density at radius 3 is 2.48 bits per heavy atom. The number of hydrogen-bond acceptors (Lipinski definition) is 6. The minimum Gasteiger partial charge on any atom is -0.356 e. The van der Waals surface area contributed by atoms with Gasteiger partial charge in [0.05, 0.1) is 10.8 Å². The molecule has 8 nitrogen and oxygen atoms in total. The third kappa shape index (κ3) is 3.21. The van der Waals surface area contributed by atoms with Crippen LogP contribution < -0.4 is 5.32 Å². The molecule has 27 heavy (non-hydrogen) atoms. The van der Waals surface area contributed by atoms with Gasteiger partial charge in [-0.2, -0.15) is 0 Å². The van der Waals surface area contributed by atoms with Gasteiger partial charge in [0, 0.05) is 18.4 Å². The van der Waals surface area contributed by atoms with Gasteiger partial charge in [0.25, 0.3) is 0 Å². The second-order valence-corrected chi connectivity index (χ2v) is 8.44. The second kappa shape index (κ2) is 6.58. The maximum absolute atomic E-state index is 12.3. The van der Waals surface area contributed by atoms with Crippen LogP contribution in [0.25, 0.3) is 22.5 Å². The molecule has 2 N–H and O–H groups in total. The van der Waals surface area contributed by atoms with Gasteiger partial charge in [0.1, 0.15) is 0 Å². The van der Waals surface area contributed by atoms with E-state index < -0.39 is 9.84 Å². The van der Waals surface area contributed by atoms with Gasteiger partial charge in [-0.1, -0.05) is 36.4 Å². The quantitative estimate of drug-likeness (QED) is 0.706. The van der Waals surface area contributed by atoms with Crippen molar-refractivity contribution in [2.45, 2.75) is 17.2 Å². The van der Waals surface area contributed by atoms with E-state index >= 15 is 0 Å². The Morgan fingerprint density at radius 1 is 1.11 bits per heavy atom. The van der Waals surface area contributed by atoms with Crippen molar-refractivity contribution in [1.82, 2.24) is 25.9 Å². The van der Waals surface area contributed by atoms with E-state index in [9.17, 15) is 13.2 Å². The molecule has 0 radical (unpaired) electrons. The Morgan fingerprint density at radius 2 is 1.89 bits per heavy atom. The minimum absolute atomic E-state index is 0.0373. The highest BCUT2D eigenvalue weighted by Crippen LogP contribution is 2.36. The summed E-state index contributed by atoms with van der Waals surface area (Å²) in [5.74, 6) is 0.180. The number of H-pyrrole nitrogens is 1. The molecule has 1 aromatic heterocycles. The van der Waals surface area contributed by atoms with Crippen molar-refractivity contribution in [2.75, 3.05) is 12.8 Å². The zero-order valence-corrected chi connectivity index (χ0v) is 15.3. The van der Waals surface area contributed by atoms with E-state index in [0.717, 1.165) is 23.8 Å². The van der Waals surface area contributed by atoms with Crippen LogP contribution in [0, 0.1) is 0 Å². The molecule has 138 valence electrons. The summed E-state index contributed by atoms with van der Waals surface area (Å²) in [7, 11) is -3.49. The summed E-state index contributed by atoms with van der Waals surface area (Å²) in [5, 5.41) is 16.5. The molecular formula is C18H17N5O3S. The third-order valence-electron chi connectivity index (χ3n) is 4.68. The lowest BCUT2D eigenvalue weighted by Crippen LogP contribution is -2.17. The Labute approximate surface area is 155 Å². The normalized spacial score (nSPS) is 17.1. The van der Waals surface area contributed by atoms with Crippen molar-refractivity contribution >= 4 is 15.7 Å². The zero-order valence-electron chi connectivity index (χ0n) is 14.5. The van der Waals surface area contributed by atoms with Crippen molar-refractivity contribution in [3.8, 4) is 22.5 Å². The van der Waals surface area contributed by atoms with Gasteiger partial charge < -0.3 is 5.32 Å². The predicted molar refractivity (Wildman–Crippen MR) is 98.5 cm³/mol. The monoisotopic (exact) mass is 383 g/mol. The molecule has 0 bridgehead atoms. The molecule has 1 atom stereocenters. The number of aromatic nitrogens is 4. The second-order valence-electron chi connectivity index (χ2n) is 6.46. The van der Waals surface area contributed by atoms with Crippen LogP contribution in [0.3, 0.4) is 0 Å². The van der Waals surface area contributed by atoms with E-state index in [1.807, 2.05) is 30.3 Å². The number of benzene rings is 2.